The molecule has 3 rings (SSSR count). The van der Waals surface area contributed by atoms with E-state index in [1.165, 1.54) is 18.4 Å². The SMILES string of the molecule is COC(=O)N1CCCc2cc(NC(=O)NCCc3nnc(N)s3)ccc21. The fourth-order valence-electron chi connectivity index (χ4n) is 2.80. The van der Waals surface area contributed by atoms with Gasteiger partial charge in [0, 0.05) is 25.2 Å². The molecule has 1 aromatic heterocycles. The maximum atomic E-state index is 12.0. The van der Waals surface area contributed by atoms with Gasteiger partial charge < -0.3 is 21.1 Å². The Morgan fingerprint density at radius 1 is 1.38 bits per heavy atom. The summed E-state index contributed by atoms with van der Waals surface area (Å²) in [6.45, 7) is 1.06. The first-order chi connectivity index (χ1) is 12.6. The van der Waals surface area contributed by atoms with E-state index in [0.29, 0.717) is 30.3 Å². The van der Waals surface area contributed by atoms with Crippen LogP contribution in [0.5, 0.6) is 0 Å². The number of amides is 3. The predicted molar refractivity (Wildman–Crippen MR) is 99.6 cm³/mol. The minimum atomic E-state index is -0.373. The van der Waals surface area contributed by atoms with E-state index in [2.05, 4.69) is 20.8 Å². The second-order valence-electron chi connectivity index (χ2n) is 5.73. The van der Waals surface area contributed by atoms with Crippen molar-refractivity contribution in [2.24, 2.45) is 0 Å². The van der Waals surface area contributed by atoms with Crippen LogP contribution in [0.2, 0.25) is 0 Å². The number of nitrogens with one attached hydrogen (secondary N) is 2. The third kappa shape index (κ3) is 4.20. The molecular formula is C16H20N6O3S. The average molecular weight is 376 g/mol. The standard InChI is InChI=1S/C16H20N6O3S/c1-25-16(24)22-8-2-3-10-9-11(4-5-12(10)22)19-15(23)18-7-6-13-20-21-14(17)26-13/h4-5,9H,2-3,6-8H2,1H3,(H2,17,21)(H2,18,19,23). The third-order valence-electron chi connectivity index (χ3n) is 3.96. The van der Waals surface area contributed by atoms with Crippen molar-refractivity contribution in [2.75, 3.05) is 36.1 Å². The maximum absolute atomic E-state index is 12.0. The number of aromatic nitrogens is 2. The molecule has 138 valence electrons. The van der Waals surface area contributed by atoms with Gasteiger partial charge in [-0.3, -0.25) is 4.90 Å². The maximum Gasteiger partial charge on any atom is 0.414 e. The van der Waals surface area contributed by atoms with Gasteiger partial charge in [-0.1, -0.05) is 11.3 Å². The van der Waals surface area contributed by atoms with E-state index < -0.39 is 0 Å². The highest BCUT2D eigenvalue weighted by Crippen LogP contribution is 2.30. The zero-order valence-electron chi connectivity index (χ0n) is 14.3. The summed E-state index contributed by atoms with van der Waals surface area (Å²) in [6.07, 6.45) is 1.89. The van der Waals surface area contributed by atoms with Crippen LogP contribution in [0.3, 0.4) is 0 Å². The number of carbonyl (C=O) groups excluding carboxylic acids is 2. The summed E-state index contributed by atoms with van der Waals surface area (Å²) in [4.78, 5) is 25.5. The molecule has 26 heavy (non-hydrogen) atoms. The molecule has 0 atom stereocenters. The molecule has 1 aliphatic rings. The van der Waals surface area contributed by atoms with Crippen molar-refractivity contribution in [3.63, 3.8) is 0 Å². The highest BCUT2D eigenvalue weighted by atomic mass is 32.1. The highest BCUT2D eigenvalue weighted by Gasteiger charge is 2.23. The lowest BCUT2D eigenvalue weighted by molar-refractivity contribution is 0.178. The van der Waals surface area contributed by atoms with Crippen LogP contribution in [0.25, 0.3) is 0 Å². The number of hydrogen-bond donors (Lipinski definition) is 3. The lowest BCUT2D eigenvalue weighted by atomic mass is 10.0. The molecule has 0 spiro atoms. The molecule has 1 aromatic carbocycles. The quantitative estimate of drug-likeness (QED) is 0.750. The minimum absolute atomic E-state index is 0.303. The van der Waals surface area contributed by atoms with Crippen LogP contribution in [0.15, 0.2) is 18.2 Å². The Hall–Kier alpha value is -2.88. The van der Waals surface area contributed by atoms with E-state index in [1.54, 1.807) is 11.0 Å². The molecule has 2 aromatic rings. The largest absolute Gasteiger partial charge is 0.452 e. The molecular weight excluding hydrogens is 356 g/mol. The van der Waals surface area contributed by atoms with Crippen molar-refractivity contribution >= 4 is 40.0 Å². The van der Waals surface area contributed by atoms with E-state index in [9.17, 15) is 9.59 Å². The first kappa shape index (κ1) is 17.9. The number of anilines is 3. The van der Waals surface area contributed by atoms with Gasteiger partial charge in [0.1, 0.15) is 5.01 Å². The van der Waals surface area contributed by atoms with Crippen molar-refractivity contribution in [1.29, 1.82) is 0 Å². The topological polar surface area (TPSA) is 122 Å². The number of aryl methyl sites for hydroxylation is 1. The molecule has 4 N–H and O–H groups in total. The molecule has 10 heteroatoms. The van der Waals surface area contributed by atoms with Crippen molar-refractivity contribution in [2.45, 2.75) is 19.3 Å². The van der Waals surface area contributed by atoms with Gasteiger partial charge in [-0.25, -0.2) is 9.59 Å². The van der Waals surface area contributed by atoms with E-state index in [-0.39, 0.29) is 12.1 Å². The Morgan fingerprint density at radius 3 is 2.96 bits per heavy atom. The molecule has 1 aliphatic heterocycles. The molecule has 3 amide bonds. The van der Waals surface area contributed by atoms with Crippen LogP contribution in [-0.2, 0) is 17.6 Å². The van der Waals surface area contributed by atoms with Gasteiger partial charge in [-0.15, -0.1) is 10.2 Å². The molecule has 0 saturated carbocycles. The van der Waals surface area contributed by atoms with Gasteiger partial charge in [0.05, 0.1) is 12.8 Å². The predicted octanol–water partition coefficient (Wildman–Crippen LogP) is 2.00. The zero-order chi connectivity index (χ0) is 18.5. The molecule has 2 heterocycles. The number of nitrogens with two attached hydrogens (primary N) is 1. The number of benzene rings is 1. The Kier molecular flexibility index (Phi) is 5.52. The molecule has 0 fully saturated rings. The van der Waals surface area contributed by atoms with Gasteiger partial charge in [0.25, 0.3) is 0 Å². The molecule has 0 unspecified atom stereocenters. The summed E-state index contributed by atoms with van der Waals surface area (Å²) in [5, 5.41) is 14.4. The summed E-state index contributed by atoms with van der Waals surface area (Å²) in [5.74, 6) is 0. The van der Waals surface area contributed by atoms with Gasteiger partial charge in [-0.05, 0) is 36.6 Å². The fraction of sp³-hybridized carbons (Fsp3) is 0.375. The Labute approximate surface area is 154 Å². The van der Waals surface area contributed by atoms with Crippen molar-refractivity contribution in [3.8, 4) is 0 Å². The first-order valence-corrected chi connectivity index (χ1v) is 8.99. The van der Waals surface area contributed by atoms with E-state index in [4.69, 9.17) is 10.5 Å². The molecule has 0 bridgehead atoms. The molecule has 0 radical (unpaired) electrons. The van der Waals surface area contributed by atoms with Gasteiger partial charge >= 0.3 is 12.1 Å². The smallest absolute Gasteiger partial charge is 0.414 e. The number of nitrogen functional groups attached to an aromatic ring is 1. The van der Waals surface area contributed by atoms with Crippen LogP contribution >= 0.6 is 11.3 Å². The Bertz CT molecular complexity index is 809. The molecule has 0 saturated heterocycles. The lowest BCUT2D eigenvalue weighted by Crippen LogP contribution is -2.35. The number of urea groups is 1. The normalized spacial score (nSPS) is 13.0. The Balaban J connectivity index is 1.56. The second-order valence-corrected chi connectivity index (χ2v) is 6.83. The van der Waals surface area contributed by atoms with Crippen LogP contribution in [0.4, 0.5) is 26.1 Å². The zero-order valence-corrected chi connectivity index (χ0v) is 15.1. The first-order valence-electron chi connectivity index (χ1n) is 8.18. The summed E-state index contributed by atoms with van der Waals surface area (Å²) in [7, 11) is 1.37. The average Bonchev–Trinajstić information content (AvgIpc) is 3.05. The summed E-state index contributed by atoms with van der Waals surface area (Å²) in [6, 6.07) is 5.18. The summed E-state index contributed by atoms with van der Waals surface area (Å²) in [5.41, 5.74) is 8.02. The van der Waals surface area contributed by atoms with E-state index in [0.717, 1.165) is 29.1 Å². The van der Waals surface area contributed by atoms with Gasteiger partial charge in [0.15, 0.2) is 0 Å². The van der Waals surface area contributed by atoms with Gasteiger partial charge in [-0.2, -0.15) is 0 Å². The van der Waals surface area contributed by atoms with Crippen molar-refractivity contribution < 1.29 is 14.3 Å². The molecule has 9 nitrogen and oxygen atoms in total. The van der Waals surface area contributed by atoms with Crippen LogP contribution < -0.4 is 21.3 Å². The van der Waals surface area contributed by atoms with Crippen molar-refractivity contribution in [1.82, 2.24) is 15.5 Å². The van der Waals surface area contributed by atoms with Gasteiger partial charge in [0.2, 0.25) is 5.13 Å². The fourth-order valence-corrected chi connectivity index (χ4v) is 3.41. The van der Waals surface area contributed by atoms with E-state index >= 15 is 0 Å². The number of fused-ring (bicyclic) bond motifs is 1. The number of rotatable bonds is 4. The van der Waals surface area contributed by atoms with Crippen LogP contribution in [0, 0.1) is 0 Å². The minimum Gasteiger partial charge on any atom is -0.452 e. The lowest BCUT2D eigenvalue weighted by Gasteiger charge is -2.28. The number of nitrogens with zero attached hydrogens (tertiary/aromatic N) is 3. The number of carbonyl (C=O) groups is 2. The molecule has 0 aliphatic carbocycles. The number of methoxy groups -OCH3 is 1. The second kappa shape index (κ2) is 8.00. The van der Waals surface area contributed by atoms with Crippen LogP contribution in [-0.4, -0.2) is 42.5 Å². The summed E-state index contributed by atoms with van der Waals surface area (Å²) < 4.78 is 4.81. The summed E-state index contributed by atoms with van der Waals surface area (Å²) >= 11 is 1.30. The number of hydrogen-bond acceptors (Lipinski definition) is 7. The third-order valence-corrected chi connectivity index (χ3v) is 4.77. The highest BCUT2D eigenvalue weighted by molar-refractivity contribution is 7.15. The Morgan fingerprint density at radius 2 is 2.23 bits per heavy atom. The van der Waals surface area contributed by atoms with Crippen LogP contribution in [0.1, 0.15) is 17.0 Å². The monoisotopic (exact) mass is 376 g/mol. The number of ether oxygens (including phenoxy) is 1. The van der Waals surface area contributed by atoms with E-state index in [1.807, 2.05) is 12.1 Å². The van der Waals surface area contributed by atoms with Crippen molar-refractivity contribution in [3.05, 3.63) is 28.8 Å².